The SMILES string of the molecule is C=CCOc1cccc(C2/C(=C(\O)c3cc(Cl)c(OC)c(Cl)c3)C(=O)C(=O)N2CCOC)c1. The fourth-order valence-electron chi connectivity index (χ4n) is 3.62. The molecule has 1 fully saturated rings. The highest BCUT2D eigenvalue weighted by atomic mass is 35.5. The number of aliphatic hydroxyl groups is 1. The second-order valence-electron chi connectivity index (χ2n) is 7.13. The van der Waals surface area contributed by atoms with Gasteiger partial charge < -0.3 is 24.2 Å². The van der Waals surface area contributed by atoms with Crippen LogP contribution < -0.4 is 9.47 Å². The zero-order valence-electron chi connectivity index (χ0n) is 18.1. The molecule has 1 aliphatic heterocycles. The van der Waals surface area contributed by atoms with Gasteiger partial charge >= 0.3 is 0 Å². The zero-order valence-corrected chi connectivity index (χ0v) is 19.7. The van der Waals surface area contributed by atoms with Crippen LogP contribution in [0.1, 0.15) is 17.2 Å². The molecule has 0 radical (unpaired) electrons. The number of likely N-dealkylation sites (tertiary alicyclic amines) is 1. The van der Waals surface area contributed by atoms with E-state index in [4.69, 9.17) is 37.4 Å². The molecular formula is C24H23Cl2NO6. The van der Waals surface area contributed by atoms with E-state index in [1.54, 1.807) is 30.3 Å². The molecule has 33 heavy (non-hydrogen) atoms. The Morgan fingerprint density at radius 2 is 1.88 bits per heavy atom. The third kappa shape index (κ3) is 5.00. The maximum absolute atomic E-state index is 13.0. The predicted octanol–water partition coefficient (Wildman–Crippen LogP) is 4.63. The molecule has 1 amide bonds. The lowest BCUT2D eigenvalue weighted by molar-refractivity contribution is -0.140. The van der Waals surface area contributed by atoms with Crippen LogP contribution in [0, 0.1) is 0 Å². The highest BCUT2D eigenvalue weighted by Gasteiger charge is 2.46. The lowest BCUT2D eigenvalue weighted by Gasteiger charge is -2.25. The van der Waals surface area contributed by atoms with Crippen molar-refractivity contribution >= 4 is 40.7 Å². The lowest BCUT2D eigenvalue weighted by Crippen LogP contribution is -2.32. The van der Waals surface area contributed by atoms with E-state index in [0.29, 0.717) is 11.3 Å². The normalized spacial score (nSPS) is 17.3. The van der Waals surface area contributed by atoms with E-state index in [9.17, 15) is 14.7 Å². The quantitative estimate of drug-likeness (QED) is 0.238. The van der Waals surface area contributed by atoms with Crippen LogP contribution in [0.5, 0.6) is 11.5 Å². The number of carbonyl (C=O) groups is 2. The van der Waals surface area contributed by atoms with Crippen molar-refractivity contribution in [3.8, 4) is 11.5 Å². The van der Waals surface area contributed by atoms with Gasteiger partial charge in [-0.1, -0.05) is 48.0 Å². The fourth-order valence-corrected chi connectivity index (χ4v) is 4.26. The molecule has 174 valence electrons. The molecule has 0 spiro atoms. The summed E-state index contributed by atoms with van der Waals surface area (Å²) < 4.78 is 15.9. The molecule has 1 atom stereocenters. The van der Waals surface area contributed by atoms with Crippen LogP contribution in [0.4, 0.5) is 0 Å². The number of rotatable bonds is 9. The van der Waals surface area contributed by atoms with Crippen LogP contribution in [0.2, 0.25) is 10.0 Å². The van der Waals surface area contributed by atoms with Gasteiger partial charge in [0.05, 0.1) is 35.4 Å². The lowest BCUT2D eigenvalue weighted by atomic mass is 9.95. The molecule has 2 aromatic rings. The molecule has 1 heterocycles. The fraction of sp³-hybridized carbons (Fsp3) is 0.250. The molecule has 3 rings (SSSR count). The summed E-state index contributed by atoms with van der Waals surface area (Å²) in [6.07, 6.45) is 1.61. The number of ketones is 1. The Morgan fingerprint density at radius 3 is 2.48 bits per heavy atom. The standard InChI is InChI=1S/C24H23Cl2NO6/c1-4-9-33-16-7-5-6-14(11-16)20-19(22(29)24(30)27(20)8-10-31-2)21(28)15-12-17(25)23(32-3)18(26)13-15/h4-7,11-13,20,28H,1,8-10H2,2-3H3/b21-19+. The van der Waals surface area contributed by atoms with Gasteiger partial charge in [0.2, 0.25) is 0 Å². The Bertz CT molecular complexity index is 1090. The van der Waals surface area contributed by atoms with E-state index in [2.05, 4.69) is 6.58 Å². The first-order valence-electron chi connectivity index (χ1n) is 9.98. The maximum Gasteiger partial charge on any atom is 0.295 e. The van der Waals surface area contributed by atoms with Gasteiger partial charge in [0, 0.05) is 19.2 Å². The van der Waals surface area contributed by atoms with E-state index < -0.39 is 23.5 Å². The number of methoxy groups -OCH3 is 2. The predicted molar refractivity (Wildman–Crippen MR) is 126 cm³/mol. The molecule has 0 aliphatic carbocycles. The highest BCUT2D eigenvalue weighted by molar-refractivity contribution is 6.46. The average molecular weight is 492 g/mol. The van der Waals surface area contributed by atoms with E-state index >= 15 is 0 Å². The van der Waals surface area contributed by atoms with Gasteiger partial charge in [0.15, 0.2) is 5.75 Å². The second kappa shape index (κ2) is 10.7. The summed E-state index contributed by atoms with van der Waals surface area (Å²) in [7, 11) is 2.91. The number of carbonyl (C=O) groups excluding carboxylic acids is 2. The van der Waals surface area contributed by atoms with Crippen molar-refractivity contribution in [2.45, 2.75) is 6.04 Å². The van der Waals surface area contributed by atoms with Crippen molar-refractivity contribution in [1.29, 1.82) is 0 Å². The van der Waals surface area contributed by atoms with Crippen LogP contribution in [0.25, 0.3) is 5.76 Å². The van der Waals surface area contributed by atoms with E-state index in [-0.39, 0.29) is 46.7 Å². The third-order valence-corrected chi connectivity index (χ3v) is 5.66. The number of hydrogen-bond donors (Lipinski definition) is 1. The molecular weight excluding hydrogens is 469 g/mol. The Morgan fingerprint density at radius 1 is 1.18 bits per heavy atom. The monoisotopic (exact) mass is 491 g/mol. The van der Waals surface area contributed by atoms with Gasteiger partial charge in [-0.2, -0.15) is 0 Å². The molecule has 1 N–H and O–H groups in total. The minimum absolute atomic E-state index is 0.0886. The number of Topliss-reactive ketones (excluding diaryl/α,β-unsaturated/α-hetero) is 1. The van der Waals surface area contributed by atoms with Gasteiger partial charge in [0.1, 0.15) is 18.1 Å². The molecule has 1 unspecified atom stereocenters. The van der Waals surface area contributed by atoms with E-state index in [1.165, 1.54) is 31.3 Å². The Balaban J connectivity index is 2.18. The van der Waals surface area contributed by atoms with Gasteiger partial charge in [-0.15, -0.1) is 0 Å². The molecule has 0 bridgehead atoms. The summed E-state index contributed by atoms with van der Waals surface area (Å²) in [5.74, 6) is -1.21. The zero-order chi connectivity index (χ0) is 24.1. The molecule has 1 aliphatic rings. The second-order valence-corrected chi connectivity index (χ2v) is 7.94. The first kappa shape index (κ1) is 24.6. The van der Waals surface area contributed by atoms with Crippen molar-refractivity contribution in [2.75, 3.05) is 34.0 Å². The molecule has 0 saturated carbocycles. The van der Waals surface area contributed by atoms with E-state index in [1.807, 2.05) is 0 Å². The van der Waals surface area contributed by atoms with Crippen LogP contribution in [-0.4, -0.2) is 55.7 Å². The van der Waals surface area contributed by atoms with Crippen LogP contribution in [0.3, 0.4) is 0 Å². The minimum Gasteiger partial charge on any atom is -0.507 e. The minimum atomic E-state index is -0.868. The molecule has 2 aromatic carbocycles. The number of ether oxygens (including phenoxy) is 3. The largest absolute Gasteiger partial charge is 0.507 e. The van der Waals surface area contributed by atoms with Crippen molar-refractivity contribution in [2.24, 2.45) is 0 Å². The summed E-state index contributed by atoms with van der Waals surface area (Å²) in [4.78, 5) is 27.3. The number of aliphatic hydroxyl groups excluding tert-OH is 1. The Kier molecular flexibility index (Phi) is 8.02. The molecule has 9 heteroatoms. The van der Waals surface area contributed by atoms with Crippen molar-refractivity contribution in [3.63, 3.8) is 0 Å². The summed E-state index contributed by atoms with van der Waals surface area (Å²) in [5, 5.41) is 11.5. The highest BCUT2D eigenvalue weighted by Crippen LogP contribution is 2.42. The first-order valence-corrected chi connectivity index (χ1v) is 10.7. The number of hydrogen-bond acceptors (Lipinski definition) is 6. The number of benzene rings is 2. The Hall–Kier alpha value is -3.00. The van der Waals surface area contributed by atoms with E-state index in [0.717, 1.165) is 0 Å². The Labute approximate surface area is 201 Å². The number of halogens is 2. The van der Waals surface area contributed by atoms with Crippen LogP contribution >= 0.6 is 23.2 Å². The summed E-state index contributed by atoms with van der Waals surface area (Å²) >= 11 is 12.4. The van der Waals surface area contributed by atoms with Gasteiger partial charge in [-0.25, -0.2) is 0 Å². The molecule has 7 nitrogen and oxygen atoms in total. The van der Waals surface area contributed by atoms with Gasteiger partial charge in [-0.3, -0.25) is 9.59 Å². The summed E-state index contributed by atoms with van der Waals surface area (Å²) in [5.41, 5.74) is 0.674. The molecule has 0 aromatic heterocycles. The first-order chi connectivity index (χ1) is 15.8. The van der Waals surface area contributed by atoms with Gasteiger partial charge in [0.25, 0.3) is 11.7 Å². The summed E-state index contributed by atoms with van der Waals surface area (Å²) in [6.45, 7) is 4.27. The topological polar surface area (TPSA) is 85.3 Å². The van der Waals surface area contributed by atoms with Crippen LogP contribution in [-0.2, 0) is 14.3 Å². The number of nitrogens with zero attached hydrogens (tertiary/aromatic N) is 1. The van der Waals surface area contributed by atoms with Crippen molar-refractivity contribution in [3.05, 3.63) is 75.8 Å². The third-order valence-electron chi connectivity index (χ3n) is 5.09. The number of amides is 1. The smallest absolute Gasteiger partial charge is 0.295 e. The van der Waals surface area contributed by atoms with Gasteiger partial charge in [-0.05, 0) is 29.8 Å². The maximum atomic E-state index is 13.0. The van der Waals surface area contributed by atoms with Crippen molar-refractivity contribution < 1.29 is 28.9 Å². The van der Waals surface area contributed by atoms with Crippen molar-refractivity contribution in [1.82, 2.24) is 4.90 Å². The van der Waals surface area contributed by atoms with Crippen LogP contribution in [0.15, 0.2) is 54.6 Å². The average Bonchev–Trinajstić information content (AvgIpc) is 3.05. The molecule has 1 saturated heterocycles. The summed E-state index contributed by atoms with van der Waals surface area (Å²) in [6, 6.07) is 8.92.